The van der Waals surface area contributed by atoms with Crippen molar-refractivity contribution in [2.45, 2.75) is 13.8 Å². The second kappa shape index (κ2) is 8.03. The fraction of sp³-hybridized carbons (Fsp3) is 0.0800. The third-order valence-corrected chi connectivity index (χ3v) is 5.29. The Bertz CT molecular complexity index is 1560. The van der Waals surface area contributed by atoms with Crippen LogP contribution in [0.4, 0.5) is 0 Å². The summed E-state index contributed by atoms with van der Waals surface area (Å²) in [7, 11) is 0. The van der Waals surface area contributed by atoms with Crippen molar-refractivity contribution in [1.29, 1.82) is 0 Å². The number of imidazole rings is 1. The molecule has 0 fully saturated rings. The summed E-state index contributed by atoms with van der Waals surface area (Å²) in [5.41, 5.74) is 7.18. The van der Waals surface area contributed by atoms with Gasteiger partial charge >= 0.3 is 0 Å². The first-order valence-corrected chi connectivity index (χ1v) is 10.2. The molecule has 5 heterocycles. The molecule has 0 atom stereocenters. The van der Waals surface area contributed by atoms with E-state index in [-0.39, 0.29) is 0 Å². The van der Waals surface area contributed by atoms with Crippen LogP contribution in [0.25, 0.3) is 52.2 Å². The Kier molecular flexibility index (Phi) is 4.91. The molecule has 0 radical (unpaired) electrons. The van der Waals surface area contributed by atoms with E-state index in [1.54, 1.807) is 12.4 Å². The number of nitrogens with zero attached hydrogens (tertiary/aromatic N) is 5. The molecule has 0 saturated heterocycles. The predicted octanol–water partition coefficient (Wildman–Crippen LogP) is 3.41. The zero-order chi connectivity index (χ0) is 22.1. The summed E-state index contributed by atoms with van der Waals surface area (Å²) in [6, 6.07) is 9.84. The number of H-pyrrole nitrogens is 2. The molecule has 0 aliphatic carbocycles. The van der Waals surface area contributed by atoms with Gasteiger partial charge in [-0.05, 0) is 60.9 Å². The number of nitrogens with one attached hydrogen (secondary N) is 2. The summed E-state index contributed by atoms with van der Waals surface area (Å²) in [6.45, 7) is 8.30. The summed E-state index contributed by atoms with van der Waals surface area (Å²) >= 11 is 0. The average molecular weight is 419 g/mol. The first kappa shape index (κ1) is 19.6. The van der Waals surface area contributed by atoms with Gasteiger partial charge in [-0.1, -0.05) is 18.7 Å². The molecule has 0 aromatic carbocycles. The van der Waals surface area contributed by atoms with Crippen molar-refractivity contribution >= 4 is 29.4 Å². The molecule has 7 heteroatoms. The Morgan fingerprint density at radius 3 is 2.81 bits per heavy atom. The highest BCUT2D eigenvalue weighted by Gasteiger charge is 2.14. The van der Waals surface area contributed by atoms with E-state index in [1.807, 2.05) is 55.7 Å². The number of aromatic nitrogens is 7. The van der Waals surface area contributed by atoms with Crippen molar-refractivity contribution in [3.63, 3.8) is 0 Å². The molecule has 0 aliphatic heterocycles. The number of hydrogen-bond acceptors (Lipinski definition) is 5. The van der Waals surface area contributed by atoms with E-state index in [1.165, 1.54) is 0 Å². The van der Waals surface area contributed by atoms with E-state index < -0.39 is 0 Å². The van der Waals surface area contributed by atoms with Gasteiger partial charge in [0.2, 0.25) is 0 Å². The zero-order valence-corrected chi connectivity index (χ0v) is 17.8. The molecule has 2 N–H and O–H groups in total. The third-order valence-electron chi connectivity index (χ3n) is 5.29. The van der Waals surface area contributed by atoms with Gasteiger partial charge in [0.25, 0.3) is 0 Å². The Morgan fingerprint density at radius 1 is 1.09 bits per heavy atom. The maximum Gasteiger partial charge on any atom is 0.178 e. The lowest BCUT2D eigenvalue weighted by atomic mass is 10.1. The molecule has 5 rings (SSSR count). The minimum atomic E-state index is 0.610. The van der Waals surface area contributed by atoms with E-state index in [0.29, 0.717) is 17.2 Å². The maximum atomic E-state index is 4.64. The largest absolute Gasteiger partial charge is 0.335 e. The second-order valence-corrected chi connectivity index (χ2v) is 7.59. The van der Waals surface area contributed by atoms with Crippen molar-refractivity contribution in [3.8, 4) is 22.8 Å². The van der Waals surface area contributed by atoms with Crippen molar-refractivity contribution in [2.75, 3.05) is 0 Å². The lowest BCUT2D eigenvalue weighted by Crippen LogP contribution is -2.21. The van der Waals surface area contributed by atoms with Gasteiger partial charge in [0, 0.05) is 35.6 Å². The number of pyridine rings is 3. The van der Waals surface area contributed by atoms with Gasteiger partial charge in [0.1, 0.15) is 5.69 Å². The summed E-state index contributed by atoms with van der Waals surface area (Å²) in [4.78, 5) is 21.1. The van der Waals surface area contributed by atoms with Crippen LogP contribution in [0.15, 0.2) is 61.2 Å². The Hall–Kier alpha value is -4.39. The van der Waals surface area contributed by atoms with E-state index in [4.69, 9.17) is 0 Å². The van der Waals surface area contributed by atoms with Gasteiger partial charge in [-0.3, -0.25) is 15.1 Å². The molecule has 32 heavy (non-hydrogen) atoms. The second-order valence-electron chi connectivity index (χ2n) is 7.59. The molecule has 0 aliphatic rings. The SMILES string of the molecule is C=c1c(-c2nc3nccc(-c4ccccn4)c3[nH]2)n[nH]/c1=C/C=C(\C)c1cncc(C)c1. The van der Waals surface area contributed by atoms with Crippen LogP contribution < -0.4 is 10.6 Å². The van der Waals surface area contributed by atoms with Gasteiger partial charge in [-0.15, -0.1) is 0 Å². The monoisotopic (exact) mass is 419 g/mol. The maximum absolute atomic E-state index is 4.64. The first-order chi connectivity index (χ1) is 15.6. The quantitative estimate of drug-likeness (QED) is 0.465. The van der Waals surface area contributed by atoms with Crippen LogP contribution in [0.3, 0.4) is 0 Å². The number of hydrogen-bond donors (Lipinski definition) is 2. The van der Waals surface area contributed by atoms with Crippen LogP contribution in [0.5, 0.6) is 0 Å². The molecule has 5 aromatic heterocycles. The molecule has 5 aromatic rings. The van der Waals surface area contributed by atoms with Gasteiger partial charge in [-0.25, -0.2) is 9.97 Å². The Balaban J connectivity index is 1.54. The lowest BCUT2D eigenvalue weighted by Gasteiger charge is -2.00. The van der Waals surface area contributed by atoms with Crippen LogP contribution in [0.1, 0.15) is 18.1 Å². The first-order valence-electron chi connectivity index (χ1n) is 10.2. The Morgan fingerprint density at radius 2 is 2.00 bits per heavy atom. The molecule has 156 valence electrons. The van der Waals surface area contributed by atoms with Gasteiger partial charge in [0.05, 0.1) is 16.6 Å². The fourth-order valence-corrected chi connectivity index (χ4v) is 3.55. The molecule has 0 saturated carbocycles. The summed E-state index contributed by atoms with van der Waals surface area (Å²) in [5.74, 6) is 0.611. The molecule has 0 spiro atoms. The number of aromatic amines is 2. The highest BCUT2D eigenvalue weighted by atomic mass is 15.1. The smallest absolute Gasteiger partial charge is 0.178 e. The van der Waals surface area contributed by atoms with Gasteiger partial charge < -0.3 is 4.98 Å². The van der Waals surface area contributed by atoms with E-state index in [9.17, 15) is 0 Å². The normalized spacial score (nSPS) is 12.6. The molecular weight excluding hydrogens is 398 g/mol. The predicted molar refractivity (Wildman–Crippen MR) is 127 cm³/mol. The number of allylic oxidation sites excluding steroid dienone is 2. The van der Waals surface area contributed by atoms with E-state index >= 15 is 0 Å². The van der Waals surface area contributed by atoms with Gasteiger partial charge in [0.15, 0.2) is 11.5 Å². The van der Waals surface area contributed by atoms with Crippen LogP contribution in [0, 0.1) is 6.92 Å². The van der Waals surface area contributed by atoms with Crippen LogP contribution in [0.2, 0.25) is 0 Å². The zero-order valence-electron chi connectivity index (χ0n) is 17.8. The topological polar surface area (TPSA) is 96.0 Å². The molecule has 0 amide bonds. The molecule has 0 bridgehead atoms. The van der Waals surface area contributed by atoms with Crippen LogP contribution >= 0.6 is 0 Å². The lowest BCUT2D eigenvalue weighted by molar-refractivity contribution is 1.06. The van der Waals surface area contributed by atoms with Crippen molar-refractivity contribution in [2.24, 2.45) is 0 Å². The number of aryl methyl sites for hydroxylation is 1. The third kappa shape index (κ3) is 3.60. The van der Waals surface area contributed by atoms with Gasteiger partial charge in [-0.2, -0.15) is 5.10 Å². The number of rotatable bonds is 4. The summed E-state index contributed by atoms with van der Waals surface area (Å²) in [6.07, 6.45) is 11.2. The summed E-state index contributed by atoms with van der Waals surface area (Å²) < 4.78 is 0. The fourth-order valence-electron chi connectivity index (χ4n) is 3.55. The Labute approximate surface area is 184 Å². The number of fused-ring (bicyclic) bond motifs is 1. The minimum Gasteiger partial charge on any atom is -0.335 e. The highest BCUT2D eigenvalue weighted by molar-refractivity contribution is 5.90. The van der Waals surface area contributed by atoms with E-state index in [0.717, 1.165) is 44.0 Å². The molecular formula is C25H21N7. The molecule has 7 nitrogen and oxygen atoms in total. The standard InChI is InChI=1S/C25H21N7/c1-15-12-18(14-26-13-15)16(2)7-8-20-17(3)22(32-31-20)25-29-23-19(9-11-28-24(23)30-25)21-6-4-5-10-27-21/h4-14,31H,3H2,1-2H3,(H,28,29,30)/b16-7+,20-8+. The highest BCUT2D eigenvalue weighted by Crippen LogP contribution is 2.25. The van der Waals surface area contributed by atoms with Crippen molar-refractivity contribution in [1.82, 2.24) is 35.1 Å². The summed E-state index contributed by atoms with van der Waals surface area (Å²) in [5, 5.41) is 9.09. The average Bonchev–Trinajstić information content (AvgIpc) is 3.41. The van der Waals surface area contributed by atoms with Crippen molar-refractivity contribution in [3.05, 3.63) is 82.9 Å². The van der Waals surface area contributed by atoms with Crippen LogP contribution in [-0.2, 0) is 0 Å². The van der Waals surface area contributed by atoms with Crippen molar-refractivity contribution < 1.29 is 0 Å². The van der Waals surface area contributed by atoms with E-state index in [2.05, 4.69) is 54.7 Å². The minimum absolute atomic E-state index is 0.610. The van der Waals surface area contributed by atoms with Crippen LogP contribution in [-0.4, -0.2) is 35.1 Å². The molecule has 0 unspecified atom stereocenters.